The van der Waals surface area contributed by atoms with Gasteiger partial charge in [0.25, 0.3) is 5.69 Å². The third kappa shape index (κ3) is 4.74. The molecule has 1 aromatic heterocycles. The third-order valence-electron chi connectivity index (χ3n) is 3.00. The lowest BCUT2D eigenvalue weighted by atomic mass is 10.0. The molecule has 0 aliphatic carbocycles. The maximum atomic E-state index is 11.2. The molecular formula is C14H17ClN2O4S. The van der Waals surface area contributed by atoms with Gasteiger partial charge in [0.1, 0.15) is 5.76 Å². The first-order valence-corrected chi connectivity index (χ1v) is 7.40. The summed E-state index contributed by atoms with van der Waals surface area (Å²) in [6.07, 6.45) is 1.94. The van der Waals surface area contributed by atoms with Gasteiger partial charge in [-0.25, -0.2) is 0 Å². The van der Waals surface area contributed by atoms with Gasteiger partial charge in [-0.2, -0.15) is 0 Å². The van der Waals surface area contributed by atoms with E-state index in [4.69, 9.17) is 15.3 Å². The molecule has 8 heteroatoms. The number of furan rings is 1. The highest BCUT2D eigenvalue weighted by Gasteiger charge is 2.18. The van der Waals surface area contributed by atoms with Crippen molar-refractivity contribution in [2.24, 2.45) is 5.73 Å². The van der Waals surface area contributed by atoms with Crippen LogP contribution in [0.5, 0.6) is 0 Å². The molecule has 22 heavy (non-hydrogen) atoms. The Bertz CT molecular complexity index is 607. The molecule has 1 atom stereocenters. The number of aliphatic hydroxyl groups excluding tert-OH is 1. The van der Waals surface area contributed by atoms with Gasteiger partial charge in [-0.15, -0.1) is 24.2 Å². The van der Waals surface area contributed by atoms with Crippen LogP contribution < -0.4 is 5.73 Å². The summed E-state index contributed by atoms with van der Waals surface area (Å²) in [5, 5.41) is 20.1. The van der Waals surface area contributed by atoms with Crippen LogP contribution in [0.4, 0.5) is 5.69 Å². The van der Waals surface area contributed by atoms with Gasteiger partial charge in [0.05, 0.1) is 21.8 Å². The number of aliphatic hydroxyl groups is 1. The first-order valence-electron chi connectivity index (χ1n) is 6.41. The first kappa shape index (κ1) is 18.5. The monoisotopic (exact) mass is 344 g/mol. The van der Waals surface area contributed by atoms with Crippen molar-refractivity contribution in [1.29, 1.82) is 0 Å². The van der Waals surface area contributed by atoms with Crippen molar-refractivity contribution >= 4 is 29.9 Å². The lowest BCUT2D eigenvalue weighted by Gasteiger charge is -2.11. The van der Waals surface area contributed by atoms with E-state index in [1.807, 2.05) is 6.07 Å². The van der Waals surface area contributed by atoms with Gasteiger partial charge in [0.15, 0.2) is 0 Å². The third-order valence-corrected chi connectivity index (χ3v) is 4.08. The molecule has 0 aliphatic rings. The molecule has 1 unspecified atom stereocenters. The van der Waals surface area contributed by atoms with Crippen molar-refractivity contribution in [3.8, 4) is 0 Å². The molecule has 1 heterocycles. The van der Waals surface area contributed by atoms with Crippen LogP contribution in [0.1, 0.15) is 23.8 Å². The van der Waals surface area contributed by atoms with Crippen LogP contribution in [0.2, 0.25) is 0 Å². The average molecular weight is 345 g/mol. The Morgan fingerprint density at radius 3 is 2.77 bits per heavy atom. The number of nitrogens with zero attached hydrogens (tertiary/aromatic N) is 1. The van der Waals surface area contributed by atoms with Gasteiger partial charge in [-0.05, 0) is 30.2 Å². The van der Waals surface area contributed by atoms with Crippen molar-refractivity contribution in [2.75, 3.05) is 6.61 Å². The van der Waals surface area contributed by atoms with Crippen LogP contribution in [0, 0.1) is 10.1 Å². The Morgan fingerprint density at radius 1 is 1.41 bits per heavy atom. The summed E-state index contributed by atoms with van der Waals surface area (Å²) in [5.74, 6) is 1.28. The largest absolute Gasteiger partial charge is 0.468 e. The summed E-state index contributed by atoms with van der Waals surface area (Å²) in [6.45, 7) is -0.0516. The van der Waals surface area contributed by atoms with E-state index in [1.165, 1.54) is 17.8 Å². The quantitative estimate of drug-likeness (QED) is 0.454. The minimum atomic E-state index is -0.417. The molecular weight excluding hydrogens is 328 g/mol. The Labute approximate surface area is 138 Å². The zero-order valence-corrected chi connectivity index (χ0v) is 13.3. The second-order valence-electron chi connectivity index (χ2n) is 4.47. The zero-order valence-electron chi connectivity index (χ0n) is 11.7. The molecule has 0 bridgehead atoms. The molecule has 2 aromatic rings. The highest BCUT2D eigenvalue weighted by Crippen LogP contribution is 2.33. The van der Waals surface area contributed by atoms with Gasteiger partial charge in [-0.3, -0.25) is 10.1 Å². The molecule has 6 nitrogen and oxygen atoms in total. The van der Waals surface area contributed by atoms with Gasteiger partial charge in [0.2, 0.25) is 0 Å². The van der Waals surface area contributed by atoms with Gasteiger partial charge >= 0.3 is 0 Å². The van der Waals surface area contributed by atoms with E-state index in [-0.39, 0.29) is 24.7 Å². The molecule has 0 fully saturated rings. The number of nitro groups is 1. The van der Waals surface area contributed by atoms with Crippen molar-refractivity contribution in [3.05, 3.63) is 58.0 Å². The Balaban J connectivity index is 0.00000242. The summed E-state index contributed by atoms with van der Waals surface area (Å²) in [7, 11) is 0. The number of nitrogens with two attached hydrogens (primary N) is 1. The summed E-state index contributed by atoms with van der Waals surface area (Å²) < 4.78 is 5.21. The molecule has 0 saturated heterocycles. The van der Waals surface area contributed by atoms with Crippen LogP contribution in [-0.2, 0) is 5.75 Å². The minimum absolute atomic E-state index is 0. The Morgan fingerprint density at radius 2 is 2.18 bits per heavy atom. The molecule has 3 N–H and O–H groups in total. The zero-order chi connectivity index (χ0) is 15.2. The number of hydrogen-bond donors (Lipinski definition) is 2. The highest BCUT2D eigenvalue weighted by molar-refractivity contribution is 7.98. The second kappa shape index (κ2) is 8.79. The van der Waals surface area contributed by atoms with E-state index >= 15 is 0 Å². The Kier molecular flexibility index (Phi) is 7.40. The predicted octanol–water partition coefficient (Wildman–Crippen LogP) is 3.28. The fourth-order valence-electron chi connectivity index (χ4n) is 1.88. The maximum Gasteiger partial charge on any atom is 0.283 e. The van der Waals surface area contributed by atoms with Gasteiger partial charge in [-0.1, -0.05) is 6.07 Å². The molecule has 1 aromatic carbocycles. The number of rotatable bonds is 7. The second-order valence-corrected chi connectivity index (χ2v) is 5.49. The molecule has 0 radical (unpaired) electrons. The van der Waals surface area contributed by atoms with E-state index in [9.17, 15) is 10.1 Å². The standard InChI is InChI=1S/C14H16N2O4S.ClH/c15-12(5-6-17)10-3-4-14(13(8-10)16(18)19)21-9-11-2-1-7-20-11;/h1-4,7-8,12,17H,5-6,9,15H2;1H. The summed E-state index contributed by atoms with van der Waals surface area (Å²) in [6, 6.07) is 8.13. The Hall–Kier alpha value is -1.54. The smallest absolute Gasteiger partial charge is 0.283 e. The van der Waals surface area contributed by atoms with Crippen LogP contribution in [0.25, 0.3) is 0 Å². The van der Waals surface area contributed by atoms with Crippen molar-refractivity contribution in [1.82, 2.24) is 0 Å². The van der Waals surface area contributed by atoms with Crippen LogP contribution >= 0.6 is 24.2 Å². The van der Waals surface area contributed by atoms with Crippen molar-refractivity contribution in [3.63, 3.8) is 0 Å². The van der Waals surface area contributed by atoms with Crippen LogP contribution in [0.15, 0.2) is 45.9 Å². The first-order chi connectivity index (χ1) is 10.1. The summed E-state index contributed by atoms with van der Waals surface area (Å²) >= 11 is 1.34. The topological polar surface area (TPSA) is 103 Å². The summed E-state index contributed by atoms with van der Waals surface area (Å²) in [4.78, 5) is 11.3. The van der Waals surface area contributed by atoms with E-state index in [0.717, 1.165) is 5.76 Å². The van der Waals surface area contributed by atoms with Crippen molar-refractivity contribution in [2.45, 2.75) is 23.1 Å². The molecule has 0 saturated carbocycles. The highest BCUT2D eigenvalue weighted by atomic mass is 35.5. The summed E-state index contributed by atoms with van der Waals surface area (Å²) in [5.41, 5.74) is 6.55. The fraction of sp³-hybridized carbons (Fsp3) is 0.286. The number of thioether (sulfide) groups is 1. The number of hydrogen-bond acceptors (Lipinski definition) is 6. The van der Waals surface area contributed by atoms with Gasteiger partial charge in [0, 0.05) is 18.7 Å². The maximum absolute atomic E-state index is 11.2. The molecule has 2 rings (SSSR count). The van der Waals surface area contributed by atoms with E-state index in [0.29, 0.717) is 22.6 Å². The molecule has 0 spiro atoms. The minimum Gasteiger partial charge on any atom is -0.468 e. The van der Waals surface area contributed by atoms with E-state index in [2.05, 4.69) is 0 Å². The van der Waals surface area contributed by atoms with E-state index in [1.54, 1.807) is 24.5 Å². The number of nitro benzene ring substituents is 1. The van der Waals surface area contributed by atoms with Crippen molar-refractivity contribution < 1.29 is 14.4 Å². The fourth-order valence-corrected chi connectivity index (χ4v) is 2.79. The SMILES string of the molecule is Cl.NC(CCO)c1ccc(SCc2ccco2)c([N+](=O)[O-])c1. The van der Waals surface area contributed by atoms with Gasteiger partial charge < -0.3 is 15.3 Å². The average Bonchev–Trinajstić information content (AvgIpc) is 2.98. The van der Waals surface area contributed by atoms with Crippen LogP contribution in [-0.4, -0.2) is 16.6 Å². The molecule has 0 aliphatic heterocycles. The number of halogens is 1. The number of benzene rings is 1. The van der Waals surface area contributed by atoms with Crippen LogP contribution in [0.3, 0.4) is 0 Å². The van der Waals surface area contributed by atoms with E-state index < -0.39 is 11.0 Å². The lowest BCUT2D eigenvalue weighted by molar-refractivity contribution is -0.387. The normalized spacial score (nSPS) is 11.7. The molecule has 0 amide bonds. The predicted molar refractivity (Wildman–Crippen MR) is 87.2 cm³/mol. The lowest BCUT2D eigenvalue weighted by Crippen LogP contribution is -2.12. The molecule has 120 valence electrons.